The van der Waals surface area contributed by atoms with Gasteiger partial charge in [-0.1, -0.05) is 6.92 Å². The van der Waals surface area contributed by atoms with E-state index in [4.69, 9.17) is 5.11 Å². The fourth-order valence-electron chi connectivity index (χ4n) is 1.45. The largest absolute Gasteiger partial charge is 0.416 e. The summed E-state index contributed by atoms with van der Waals surface area (Å²) in [6.45, 7) is 4.15. The molecule has 0 aromatic carbocycles. The summed E-state index contributed by atoms with van der Waals surface area (Å²) < 4.78 is 38.3. The van der Waals surface area contributed by atoms with Gasteiger partial charge >= 0.3 is 6.18 Å². The number of nitrogens with one attached hydrogen (secondary N) is 1. The number of aliphatic hydroxyl groups is 1. The van der Waals surface area contributed by atoms with E-state index in [2.05, 4.69) is 10.3 Å². The zero-order chi connectivity index (χ0) is 14.5. The average molecular weight is 294 g/mol. The first-order valence-electron chi connectivity index (χ1n) is 5.97. The fraction of sp³-hybridized carbons (Fsp3) is 0.583. The summed E-state index contributed by atoms with van der Waals surface area (Å²) in [5.74, 6) is 0.219. The second-order valence-corrected chi connectivity index (χ2v) is 5.51. The third-order valence-electron chi connectivity index (χ3n) is 2.34. The van der Waals surface area contributed by atoms with Gasteiger partial charge in [0.2, 0.25) is 0 Å². The van der Waals surface area contributed by atoms with E-state index in [-0.39, 0.29) is 17.7 Å². The van der Waals surface area contributed by atoms with Crippen molar-refractivity contribution in [3.8, 4) is 0 Å². The molecule has 0 spiro atoms. The molecule has 0 saturated carbocycles. The van der Waals surface area contributed by atoms with Crippen LogP contribution in [-0.2, 0) is 6.18 Å². The molecule has 7 heteroatoms. The Morgan fingerprint density at radius 2 is 2.11 bits per heavy atom. The molecule has 3 nitrogen and oxygen atoms in total. The van der Waals surface area contributed by atoms with Gasteiger partial charge in [-0.25, -0.2) is 4.98 Å². The maximum atomic E-state index is 12.8. The molecule has 0 aliphatic heterocycles. The fourth-order valence-corrected chi connectivity index (χ4v) is 2.43. The predicted octanol–water partition coefficient (Wildman–Crippen LogP) is 3.40. The Balaban J connectivity index is 2.99. The zero-order valence-corrected chi connectivity index (χ0v) is 11.6. The molecular weight excluding hydrogens is 277 g/mol. The highest BCUT2D eigenvalue weighted by molar-refractivity contribution is 7.99. The van der Waals surface area contributed by atoms with Crippen molar-refractivity contribution in [3.05, 3.63) is 17.7 Å². The lowest BCUT2D eigenvalue weighted by Crippen LogP contribution is -2.09. The van der Waals surface area contributed by atoms with Gasteiger partial charge in [-0.05, 0) is 25.5 Å². The standard InChI is InChI=1S/C12H17F3N2OS/c1-3-16-10-6-9(12(13,14)15)7-11(17-10)19-8(2)4-5-18/h6-8,18H,3-5H2,1-2H3,(H,16,17). The lowest BCUT2D eigenvalue weighted by molar-refractivity contribution is -0.137. The Morgan fingerprint density at radius 1 is 1.42 bits per heavy atom. The summed E-state index contributed by atoms with van der Waals surface area (Å²) in [6.07, 6.45) is -3.87. The summed E-state index contributed by atoms with van der Waals surface area (Å²) in [4.78, 5) is 4.13. The summed E-state index contributed by atoms with van der Waals surface area (Å²) in [7, 11) is 0. The van der Waals surface area contributed by atoms with Gasteiger partial charge in [0.15, 0.2) is 0 Å². The summed E-state index contributed by atoms with van der Waals surface area (Å²) in [6, 6.07) is 2.05. The molecule has 0 bridgehead atoms. The predicted molar refractivity (Wildman–Crippen MR) is 70.4 cm³/mol. The van der Waals surface area contributed by atoms with Gasteiger partial charge in [0, 0.05) is 18.4 Å². The number of hydrogen-bond donors (Lipinski definition) is 2. The normalized spacial score (nSPS) is 13.4. The first-order valence-corrected chi connectivity index (χ1v) is 6.85. The molecule has 108 valence electrons. The van der Waals surface area contributed by atoms with Crippen LogP contribution in [0.2, 0.25) is 0 Å². The molecule has 0 aliphatic carbocycles. The second kappa shape index (κ2) is 7.00. The van der Waals surface area contributed by atoms with Crippen LogP contribution in [-0.4, -0.2) is 28.5 Å². The Bertz CT molecular complexity index is 412. The molecule has 2 N–H and O–H groups in total. The highest BCUT2D eigenvalue weighted by Gasteiger charge is 2.31. The van der Waals surface area contributed by atoms with Gasteiger partial charge < -0.3 is 10.4 Å². The number of pyridine rings is 1. The maximum absolute atomic E-state index is 12.8. The number of aliphatic hydroxyl groups excluding tert-OH is 1. The van der Waals surface area contributed by atoms with Crippen molar-refractivity contribution in [2.45, 2.75) is 36.7 Å². The van der Waals surface area contributed by atoms with Crippen molar-refractivity contribution >= 4 is 17.6 Å². The van der Waals surface area contributed by atoms with Crippen LogP contribution in [0.5, 0.6) is 0 Å². The third-order valence-corrected chi connectivity index (χ3v) is 3.43. The van der Waals surface area contributed by atoms with Crippen LogP contribution in [0.3, 0.4) is 0 Å². The molecule has 1 atom stereocenters. The molecule has 0 aliphatic rings. The minimum Gasteiger partial charge on any atom is -0.396 e. The first-order chi connectivity index (χ1) is 8.86. The van der Waals surface area contributed by atoms with Crippen molar-refractivity contribution < 1.29 is 18.3 Å². The van der Waals surface area contributed by atoms with E-state index < -0.39 is 11.7 Å². The van der Waals surface area contributed by atoms with E-state index >= 15 is 0 Å². The number of anilines is 1. The minimum atomic E-state index is -4.39. The van der Waals surface area contributed by atoms with Crippen molar-refractivity contribution in [1.82, 2.24) is 4.98 Å². The van der Waals surface area contributed by atoms with Crippen LogP contribution in [0.1, 0.15) is 25.8 Å². The van der Waals surface area contributed by atoms with Crippen molar-refractivity contribution in [2.75, 3.05) is 18.5 Å². The average Bonchev–Trinajstić information content (AvgIpc) is 2.28. The van der Waals surface area contributed by atoms with Crippen LogP contribution >= 0.6 is 11.8 Å². The van der Waals surface area contributed by atoms with E-state index in [1.165, 1.54) is 11.8 Å². The van der Waals surface area contributed by atoms with E-state index in [0.717, 1.165) is 12.1 Å². The topological polar surface area (TPSA) is 45.1 Å². The van der Waals surface area contributed by atoms with Gasteiger partial charge in [-0.2, -0.15) is 13.2 Å². The number of halogens is 3. The van der Waals surface area contributed by atoms with E-state index in [0.29, 0.717) is 18.0 Å². The molecule has 19 heavy (non-hydrogen) atoms. The molecule has 1 aromatic rings. The lowest BCUT2D eigenvalue weighted by atomic mass is 10.2. The Morgan fingerprint density at radius 3 is 2.63 bits per heavy atom. The van der Waals surface area contributed by atoms with E-state index in [1.54, 1.807) is 6.92 Å². The number of rotatable bonds is 6. The number of nitrogens with zero attached hydrogens (tertiary/aromatic N) is 1. The molecule has 1 aromatic heterocycles. The SMILES string of the molecule is CCNc1cc(C(F)(F)F)cc(SC(C)CCO)n1. The van der Waals surface area contributed by atoms with Crippen LogP contribution in [0.25, 0.3) is 0 Å². The minimum absolute atomic E-state index is 0.00714. The smallest absolute Gasteiger partial charge is 0.396 e. The van der Waals surface area contributed by atoms with Crippen molar-refractivity contribution in [1.29, 1.82) is 0 Å². The first kappa shape index (κ1) is 16.1. The van der Waals surface area contributed by atoms with Gasteiger partial charge in [-0.3, -0.25) is 0 Å². The van der Waals surface area contributed by atoms with Gasteiger partial charge in [-0.15, -0.1) is 11.8 Å². The van der Waals surface area contributed by atoms with Crippen molar-refractivity contribution in [3.63, 3.8) is 0 Å². The quantitative estimate of drug-likeness (QED) is 0.789. The Hall–Kier alpha value is -0.950. The van der Waals surface area contributed by atoms with Gasteiger partial charge in [0.25, 0.3) is 0 Å². The van der Waals surface area contributed by atoms with Crippen LogP contribution in [0.15, 0.2) is 17.2 Å². The number of aromatic nitrogens is 1. The molecule has 1 unspecified atom stereocenters. The molecule has 1 rings (SSSR count). The zero-order valence-electron chi connectivity index (χ0n) is 10.8. The molecule has 1 heterocycles. The highest BCUT2D eigenvalue weighted by Crippen LogP contribution is 2.34. The van der Waals surface area contributed by atoms with Crippen LogP contribution < -0.4 is 5.32 Å². The monoisotopic (exact) mass is 294 g/mol. The van der Waals surface area contributed by atoms with Crippen LogP contribution in [0, 0.1) is 0 Å². The van der Waals surface area contributed by atoms with Gasteiger partial charge in [0.1, 0.15) is 5.82 Å². The third kappa shape index (κ3) is 5.28. The Kier molecular flexibility index (Phi) is 5.93. The summed E-state index contributed by atoms with van der Waals surface area (Å²) >= 11 is 1.23. The molecule has 0 amide bonds. The van der Waals surface area contributed by atoms with Crippen molar-refractivity contribution in [2.24, 2.45) is 0 Å². The van der Waals surface area contributed by atoms with E-state index in [1.807, 2.05) is 6.92 Å². The van der Waals surface area contributed by atoms with Gasteiger partial charge in [0.05, 0.1) is 10.6 Å². The lowest BCUT2D eigenvalue weighted by Gasteiger charge is -2.14. The number of thioether (sulfide) groups is 1. The second-order valence-electron chi connectivity index (χ2n) is 4.05. The number of alkyl halides is 3. The molecule has 0 fully saturated rings. The number of hydrogen-bond acceptors (Lipinski definition) is 4. The maximum Gasteiger partial charge on any atom is 0.416 e. The Labute approximate surface area is 114 Å². The summed E-state index contributed by atoms with van der Waals surface area (Å²) in [5, 5.41) is 11.9. The molecule has 0 saturated heterocycles. The van der Waals surface area contributed by atoms with Crippen LogP contribution in [0.4, 0.5) is 19.0 Å². The van der Waals surface area contributed by atoms with E-state index in [9.17, 15) is 13.2 Å². The molecule has 0 radical (unpaired) electrons. The highest BCUT2D eigenvalue weighted by atomic mass is 32.2. The summed E-state index contributed by atoms with van der Waals surface area (Å²) in [5.41, 5.74) is -0.711. The molecular formula is C12H17F3N2OS.